The molecule has 131 heavy (non-hydrogen) atoms. The van der Waals surface area contributed by atoms with Crippen LogP contribution in [-0.2, 0) is 107 Å². The number of rotatable bonds is 25. The molecule has 716 valence electrons. The number of carbonyl (C=O) groups excluding carboxylic acids is 16. The van der Waals surface area contributed by atoms with Crippen LogP contribution in [-0.4, -0.2) is 305 Å². The molecular formula is C89H127N19O22S. The number of aromatic amines is 1. The second-order valence-corrected chi connectivity index (χ2v) is 35.4. The molecular weight excluding hydrogens is 1720 g/mol. The lowest BCUT2D eigenvalue weighted by Gasteiger charge is -2.36. The van der Waals surface area contributed by atoms with Gasteiger partial charge in [0.25, 0.3) is 0 Å². The first-order valence-corrected chi connectivity index (χ1v) is 45.0. The summed E-state index contributed by atoms with van der Waals surface area (Å²) in [6.45, 7) is 8.71. The van der Waals surface area contributed by atoms with Crippen molar-refractivity contribution < 1.29 is 107 Å². The zero-order valence-corrected chi connectivity index (χ0v) is 76.7. The number of aliphatic hydroxyl groups is 1. The quantitative estimate of drug-likeness (QED) is 0.0330. The number of unbranched alkanes of at least 4 members (excludes halogenated alkanes) is 2. The number of hydrogen-bond donors (Lipinski definition) is 17. The number of amides is 15. The number of Topliss-reactive ketones (excluding diaryl/α,β-unsaturated/α-hetero) is 1. The van der Waals surface area contributed by atoms with Crippen LogP contribution in [0.2, 0.25) is 0 Å². The molecule has 21 N–H and O–H groups in total. The van der Waals surface area contributed by atoms with Crippen LogP contribution in [0.4, 0.5) is 0 Å². The lowest BCUT2D eigenvalue weighted by molar-refractivity contribution is -0.149. The van der Waals surface area contributed by atoms with E-state index >= 15 is 33.6 Å². The summed E-state index contributed by atoms with van der Waals surface area (Å²) in [5, 5.41) is 64.5. The molecule has 0 spiro atoms. The van der Waals surface area contributed by atoms with E-state index in [1.165, 1.54) is 76.6 Å². The number of carboxylic acids is 2. The molecule has 2 aromatic heterocycles. The van der Waals surface area contributed by atoms with Crippen LogP contribution in [0, 0.1) is 17.8 Å². The molecule has 0 radical (unpaired) electrons. The predicted octanol–water partition coefficient (Wildman–Crippen LogP) is -1.10. The van der Waals surface area contributed by atoms with E-state index in [0.717, 1.165) is 47.9 Å². The highest BCUT2D eigenvalue weighted by Gasteiger charge is 2.46. The molecule has 5 aromatic rings. The van der Waals surface area contributed by atoms with Crippen molar-refractivity contribution in [1.82, 2.24) is 76.6 Å². The molecule has 41 nitrogen and oxygen atoms in total. The van der Waals surface area contributed by atoms with Gasteiger partial charge in [0.05, 0.1) is 30.9 Å². The van der Waals surface area contributed by atoms with Crippen LogP contribution >= 0.6 is 11.8 Å². The van der Waals surface area contributed by atoms with Crippen molar-refractivity contribution in [3.63, 3.8) is 0 Å². The number of phenols is 1. The van der Waals surface area contributed by atoms with Gasteiger partial charge in [-0.3, -0.25) is 81.5 Å². The minimum Gasteiger partial charge on any atom is -0.508 e. The topological polar surface area (TPSA) is 625 Å². The summed E-state index contributed by atoms with van der Waals surface area (Å²) in [6, 6.07) is -0.160. The van der Waals surface area contributed by atoms with Gasteiger partial charge in [-0.25, -0.2) is 4.79 Å². The number of aromatic nitrogens is 2. The largest absolute Gasteiger partial charge is 0.508 e. The van der Waals surface area contributed by atoms with Crippen LogP contribution < -0.4 is 65.5 Å². The number of nitrogens with two attached hydrogens (primary N) is 4. The smallest absolute Gasteiger partial charge is 0.352 e. The molecule has 15 amide bonds. The molecule has 0 bridgehead atoms. The Morgan fingerprint density at radius 3 is 1.73 bits per heavy atom. The summed E-state index contributed by atoms with van der Waals surface area (Å²) >= 11 is 0.801. The summed E-state index contributed by atoms with van der Waals surface area (Å²) in [5.74, 6) is -21.4. The number of nitrogens with zero attached hydrogens (tertiary/aromatic N) is 6. The van der Waals surface area contributed by atoms with Crippen molar-refractivity contribution in [2.75, 3.05) is 65.9 Å². The number of thioether (sulfide) groups is 1. The average Bonchev–Trinajstić information content (AvgIpc) is 1.61. The molecule has 2 fully saturated rings. The lowest BCUT2D eigenvalue weighted by atomic mass is 9.90. The fourth-order valence-corrected chi connectivity index (χ4v) is 17.0. The molecule has 0 aliphatic carbocycles. The number of ketones is 1. The van der Waals surface area contributed by atoms with Gasteiger partial charge in [0.15, 0.2) is 5.78 Å². The number of aliphatic hydroxyl groups excluding tert-OH is 1. The normalized spacial score (nSPS) is 24.4. The summed E-state index contributed by atoms with van der Waals surface area (Å²) < 4.78 is 1.01. The predicted molar refractivity (Wildman–Crippen MR) is 483 cm³/mol. The Bertz CT molecular complexity index is 4960. The van der Waals surface area contributed by atoms with E-state index in [-0.39, 0.29) is 104 Å². The number of nitrogens with one attached hydrogen (secondary N) is 9. The van der Waals surface area contributed by atoms with Gasteiger partial charge in [-0.05, 0) is 105 Å². The van der Waals surface area contributed by atoms with Gasteiger partial charge >= 0.3 is 11.9 Å². The van der Waals surface area contributed by atoms with Crippen LogP contribution in [0.15, 0.2) is 79.0 Å². The Morgan fingerprint density at radius 2 is 1.12 bits per heavy atom. The molecule has 4 heterocycles. The molecule has 3 aromatic carbocycles. The third-order valence-corrected chi connectivity index (χ3v) is 24.3. The maximum absolute atomic E-state index is 16.0. The molecule has 2 aliphatic heterocycles. The van der Waals surface area contributed by atoms with Crippen LogP contribution in [0.3, 0.4) is 0 Å². The van der Waals surface area contributed by atoms with Crippen molar-refractivity contribution in [3.05, 3.63) is 101 Å². The third kappa shape index (κ3) is 29.2. The first kappa shape index (κ1) is 105. The molecule has 14 atom stereocenters. The number of aliphatic carboxylic acids is 1. The maximum Gasteiger partial charge on any atom is 0.352 e. The molecule has 42 heteroatoms. The minimum atomic E-state index is -1.90. The summed E-state index contributed by atoms with van der Waals surface area (Å²) in [7, 11) is 4.91. The Morgan fingerprint density at radius 1 is 0.565 bits per heavy atom. The Balaban J connectivity index is 1.33. The number of fused-ring (bicyclic) bond motifs is 3. The number of carboxylic acid groups (broad SMARTS) is 2. The number of likely N-dealkylation sites (N-methyl/N-ethyl adjacent to an activating group) is 4. The lowest BCUT2D eigenvalue weighted by Crippen LogP contribution is -2.60. The minimum absolute atomic E-state index is 0.0184. The van der Waals surface area contributed by atoms with Crippen molar-refractivity contribution >= 4 is 140 Å². The molecule has 2 saturated heterocycles. The highest BCUT2D eigenvalue weighted by molar-refractivity contribution is 8.00. The number of hydrogen-bond acceptors (Lipinski definition) is 23. The third-order valence-electron chi connectivity index (χ3n) is 23.3. The number of primary amides is 2. The number of carbonyl (C=O) groups is 18. The van der Waals surface area contributed by atoms with Crippen molar-refractivity contribution in [2.24, 2.45) is 40.7 Å². The molecule has 7 rings (SSSR count). The van der Waals surface area contributed by atoms with Crippen molar-refractivity contribution in [1.29, 1.82) is 0 Å². The van der Waals surface area contributed by atoms with E-state index < -0.39 is 248 Å². The Kier molecular flexibility index (Phi) is 39.8. The highest BCUT2D eigenvalue weighted by Crippen LogP contribution is 2.32. The number of aromatic carboxylic acids is 1. The molecule has 0 saturated carbocycles. The molecule has 2 aliphatic rings. The zero-order chi connectivity index (χ0) is 97.1. The van der Waals surface area contributed by atoms with Gasteiger partial charge in [-0.15, -0.1) is 11.8 Å². The number of benzene rings is 3. The van der Waals surface area contributed by atoms with E-state index in [2.05, 4.69) is 47.5 Å². The summed E-state index contributed by atoms with van der Waals surface area (Å²) in [6.07, 6.45) is -1.92. The Hall–Kier alpha value is -12.6. The zero-order valence-electron chi connectivity index (χ0n) is 75.8. The Labute approximate surface area is 763 Å². The maximum atomic E-state index is 16.0. The fourth-order valence-electron chi connectivity index (χ4n) is 16.2. The summed E-state index contributed by atoms with van der Waals surface area (Å²) in [5.41, 5.74) is 24.8. The van der Waals surface area contributed by atoms with E-state index in [9.17, 15) is 73.2 Å². The van der Waals surface area contributed by atoms with Crippen LogP contribution in [0.25, 0.3) is 21.8 Å². The second kappa shape index (κ2) is 49.4. The first-order valence-electron chi connectivity index (χ1n) is 43.8. The number of para-hydroxylation sites is 2. The highest BCUT2D eigenvalue weighted by atomic mass is 32.2. The first-order chi connectivity index (χ1) is 61.9. The van der Waals surface area contributed by atoms with Gasteiger partial charge in [0.1, 0.15) is 84.4 Å². The number of H-pyrrole nitrogens is 1. The summed E-state index contributed by atoms with van der Waals surface area (Å²) in [4.78, 5) is 269. The number of phenolic OH excluding ortho intramolecular Hbond substituents is 1. The van der Waals surface area contributed by atoms with E-state index in [4.69, 9.17) is 22.9 Å². The van der Waals surface area contributed by atoms with Gasteiger partial charge in [0.2, 0.25) is 88.6 Å². The van der Waals surface area contributed by atoms with Gasteiger partial charge in [-0.1, -0.05) is 116 Å². The van der Waals surface area contributed by atoms with Gasteiger partial charge in [-0.2, -0.15) is 0 Å². The SMILES string of the molecule is CCCC[C@H]1C(=O)N(C)[C@@H](CCCC)C(=O)N[C@@H](CC(C)C)C(=O)N[C@H](C(N)=O)CSCC(=O)N[C@@H](Cc2ccc(O)cc2)C(=O)N(C)[C@@H](C)C(=O)N[C@@H](CC(N)=O)C(=O)N(C)CC(=O)N[C@@H](CN)C(=O)N[C@@H](CC(C)C)C(=O)N2C[C@H](O)C[C@H]2C(=O)C[C@@H](Cc2c[nH]c3ccccc23)C(=O)N[C@@H](CCN)C(=O)N[C@@H](Cc2c(C(=O)O)n(CC(=O)O)c3ccccc23)C(=O)N1C. The monoisotopic (exact) mass is 1850 g/mol. The van der Waals surface area contributed by atoms with Crippen molar-refractivity contribution in [2.45, 2.75) is 230 Å². The van der Waals surface area contributed by atoms with Crippen LogP contribution in [0.1, 0.15) is 153 Å². The van der Waals surface area contributed by atoms with E-state index in [1.807, 2.05) is 6.92 Å². The number of aromatic hydroxyl groups is 1. The van der Waals surface area contributed by atoms with Gasteiger partial charge in [0, 0.05) is 107 Å². The second-order valence-electron chi connectivity index (χ2n) is 34.3. The molecule has 0 unspecified atom stereocenters. The van der Waals surface area contributed by atoms with Crippen LogP contribution in [0.5, 0.6) is 5.75 Å². The van der Waals surface area contributed by atoms with Gasteiger partial charge < -0.3 is 120 Å². The fraction of sp³-hybridized carbons (Fsp3) is 0.551. The van der Waals surface area contributed by atoms with E-state index in [0.29, 0.717) is 41.3 Å². The standard InChI is InChI=1S/C89H127N19O22S/c1-12-14-23-68-83(123)98-60(32-47(3)4)81(121)102-66(77(93)117)45-131-46-74(114)95-62(34-50-26-28-53(109)29-27-50)85(125)104(9)49(7)78(118)99-64(39-72(92)112)84(124)103(8)43-73(113)96-65(40-91)82(122)100-61(33-48(5)6)87(127)108-42-54(110)37-70(108)71(111)36-51(35-52-41-94-58-22-18-16-20-55(52)58)79(119)97-59(30-31-90)80(120)101-63(86(126)106(11)69(24-15-13-2)88(128)105(68)10)38-57-56-21-17-19-25-67(56)107(44-75(115)116)76(57)89(129)130/h16-22,25-29,41,47-49,51,54,59-66,68-70,94,109-110H,12-15,23-24,30-40,42-46,90-91H2,1-11H3,(H2,92,112)(H2,93,117)(H,95,114)(H,96,113)(H,97,119)(H,98,123)(H,99,118)(H,100,122)(H,101,120)(H,102,121)(H,115,116)(H,129,130)/t49-,51+,54+,59-,60-,61-,62-,63-,64-,65-,66-,68-,69-,70-/m0/s1. The average molecular weight is 1850 g/mol. The van der Waals surface area contributed by atoms with E-state index in [1.54, 1.807) is 65.1 Å². The van der Waals surface area contributed by atoms with Crippen molar-refractivity contribution in [3.8, 4) is 5.75 Å².